The van der Waals surface area contributed by atoms with Crippen LogP contribution in [0.4, 0.5) is 10.5 Å². The van der Waals surface area contributed by atoms with E-state index in [1.165, 1.54) is 4.90 Å². The Morgan fingerprint density at radius 1 is 1.33 bits per heavy atom. The molecular formula is C15H19ClN2O3. The fraction of sp³-hybridized carbons (Fsp3) is 0.467. The molecule has 1 fully saturated rings. The lowest BCUT2D eigenvalue weighted by atomic mass is 10.1. The number of carbonyl (C=O) groups is 2. The zero-order chi connectivity index (χ0) is 15.4. The highest BCUT2D eigenvalue weighted by Gasteiger charge is 2.27. The van der Waals surface area contributed by atoms with Gasteiger partial charge in [-0.05, 0) is 43.0 Å². The summed E-state index contributed by atoms with van der Waals surface area (Å²) in [7, 11) is 0. The Balaban J connectivity index is 2.13. The van der Waals surface area contributed by atoms with Gasteiger partial charge in [-0.2, -0.15) is 0 Å². The van der Waals surface area contributed by atoms with Crippen LogP contribution in [0.25, 0.3) is 0 Å². The van der Waals surface area contributed by atoms with Crippen LogP contribution in [0.15, 0.2) is 24.3 Å². The van der Waals surface area contributed by atoms with E-state index in [1.807, 2.05) is 0 Å². The van der Waals surface area contributed by atoms with Crippen LogP contribution in [0, 0.1) is 5.92 Å². The second kappa shape index (κ2) is 6.80. The number of hydrogen-bond acceptors (Lipinski definition) is 2. The van der Waals surface area contributed by atoms with Crippen molar-refractivity contribution in [1.29, 1.82) is 0 Å². The van der Waals surface area contributed by atoms with E-state index in [0.717, 1.165) is 19.3 Å². The van der Waals surface area contributed by atoms with E-state index in [4.69, 9.17) is 16.7 Å². The van der Waals surface area contributed by atoms with Gasteiger partial charge in [0.05, 0.1) is 0 Å². The van der Waals surface area contributed by atoms with Gasteiger partial charge in [0.1, 0.15) is 6.54 Å². The van der Waals surface area contributed by atoms with E-state index in [0.29, 0.717) is 16.6 Å². The third-order valence-electron chi connectivity index (χ3n) is 3.85. The highest BCUT2D eigenvalue weighted by Crippen LogP contribution is 2.25. The molecule has 5 nitrogen and oxygen atoms in total. The fourth-order valence-corrected chi connectivity index (χ4v) is 2.76. The van der Waals surface area contributed by atoms with Crippen LogP contribution in [-0.4, -0.2) is 29.7 Å². The minimum absolute atomic E-state index is 0.112. The summed E-state index contributed by atoms with van der Waals surface area (Å²) in [5.74, 6) is -0.634. The predicted octanol–water partition coefficient (Wildman–Crippen LogP) is 3.13. The molecule has 1 aromatic carbocycles. The maximum atomic E-state index is 12.4. The molecule has 0 spiro atoms. The summed E-state index contributed by atoms with van der Waals surface area (Å²) in [5, 5.41) is 12.5. The van der Waals surface area contributed by atoms with Gasteiger partial charge in [-0.3, -0.25) is 9.69 Å². The first-order chi connectivity index (χ1) is 9.97. The monoisotopic (exact) mass is 310 g/mol. The van der Waals surface area contributed by atoms with Crippen molar-refractivity contribution in [3.8, 4) is 0 Å². The lowest BCUT2D eigenvalue weighted by Crippen LogP contribution is -2.47. The topological polar surface area (TPSA) is 69.6 Å². The number of nitrogens with zero attached hydrogens (tertiary/aromatic N) is 1. The number of carboxylic acid groups (broad SMARTS) is 1. The summed E-state index contributed by atoms with van der Waals surface area (Å²) in [5.41, 5.74) is 0.518. The predicted molar refractivity (Wildman–Crippen MR) is 81.8 cm³/mol. The van der Waals surface area contributed by atoms with Crippen LogP contribution in [0.2, 0.25) is 5.02 Å². The molecule has 2 amide bonds. The zero-order valence-corrected chi connectivity index (χ0v) is 12.6. The molecular weight excluding hydrogens is 292 g/mol. The van der Waals surface area contributed by atoms with Gasteiger partial charge in [-0.15, -0.1) is 0 Å². The lowest BCUT2D eigenvalue weighted by Gasteiger charge is -2.25. The molecule has 2 rings (SSSR count). The van der Waals surface area contributed by atoms with Crippen LogP contribution in [0.3, 0.4) is 0 Å². The third-order valence-corrected chi connectivity index (χ3v) is 4.10. The van der Waals surface area contributed by atoms with Crippen LogP contribution < -0.4 is 10.2 Å². The summed E-state index contributed by atoms with van der Waals surface area (Å²) in [4.78, 5) is 24.6. The molecule has 2 atom stereocenters. The quantitative estimate of drug-likeness (QED) is 0.897. The molecule has 0 radical (unpaired) electrons. The van der Waals surface area contributed by atoms with Crippen LogP contribution in [0.1, 0.15) is 26.2 Å². The van der Waals surface area contributed by atoms with Gasteiger partial charge in [0.2, 0.25) is 0 Å². The first kappa shape index (κ1) is 15.6. The Hall–Kier alpha value is -1.75. The van der Waals surface area contributed by atoms with Crippen molar-refractivity contribution < 1.29 is 14.7 Å². The number of nitrogens with one attached hydrogen (secondary N) is 1. The smallest absolute Gasteiger partial charge is 0.323 e. The Labute approximate surface area is 128 Å². The first-order valence-electron chi connectivity index (χ1n) is 7.03. The molecule has 0 saturated heterocycles. The molecule has 6 heteroatoms. The van der Waals surface area contributed by atoms with Gasteiger partial charge in [0.25, 0.3) is 0 Å². The summed E-state index contributed by atoms with van der Waals surface area (Å²) in [6.07, 6.45) is 3.12. The van der Waals surface area contributed by atoms with Crippen LogP contribution in [0.5, 0.6) is 0 Å². The molecule has 1 aromatic rings. The van der Waals surface area contributed by atoms with Crippen molar-refractivity contribution in [3.05, 3.63) is 29.3 Å². The van der Waals surface area contributed by atoms with E-state index in [9.17, 15) is 9.59 Å². The van der Waals surface area contributed by atoms with Gasteiger partial charge >= 0.3 is 12.0 Å². The second-order valence-corrected chi connectivity index (χ2v) is 5.86. The van der Waals surface area contributed by atoms with Crippen LogP contribution >= 0.6 is 11.6 Å². The van der Waals surface area contributed by atoms with Gasteiger partial charge in [-0.25, -0.2) is 4.79 Å². The van der Waals surface area contributed by atoms with E-state index in [-0.39, 0.29) is 18.6 Å². The lowest BCUT2D eigenvalue weighted by molar-refractivity contribution is -0.135. The minimum atomic E-state index is -1.06. The van der Waals surface area contributed by atoms with Crippen molar-refractivity contribution in [2.45, 2.75) is 32.2 Å². The maximum Gasteiger partial charge on any atom is 0.323 e. The normalized spacial score (nSPS) is 21.0. The molecule has 0 heterocycles. The summed E-state index contributed by atoms with van der Waals surface area (Å²) in [6, 6.07) is 6.29. The molecule has 2 unspecified atom stereocenters. The van der Waals surface area contributed by atoms with Crippen molar-refractivity contribution in [2.75, 3.05) is 11.4 Å². The molecule has 114 valence electrons. The van der Waals surface area contributed by atoms with Gasteiger partial charge in [0.15, 0.2) is 0 Å². The third kappa shape index (κ3) is 4.11. The first-order valence-corrected chi connectivity index (χ1v) is 7.40. The van der Waals surface area contributed by atoms with E-state index < -0.39 is 5.97 Å². The number of amides is 2. The van der Waals surface area contributed by atoms with Gasteiger partial charge in [-0.1, -0.05) is 24.9 Å². The largest absolute Gasteiger partial charge is 0.480 e. The number of carbonyl (C=O) groups excluding carboxylic acids is 1. The molecule has 1 aliphatic carbocycles. The Morgan fingerprint density at radius 2 is 2.00 bits per heavy atom. The minimum Gasteiger partial charge on any atom is -0.480 e. The van der Waals surface area contributed by atoms with Crippen molar-refractivity contribution in [1.82, 2.24) is 5.32 Å². The highest BCUT2D eigenvalue weighted by molar-refractivity contribution is 6.30. The molecule has 2 N–H and O–H groups in total. The molecule has 21 heavy (non-hydrogen) atoms. The number of hydrogen-bond donors (Lipinski definition) is 2. The van der Waals surface area contributed by atoms with Crippen molar-refractivity contribution in [3.63, 3.8) is 0 Å². The summed E-state index contributed by atoms with van der Waals surface area (Å²) >= 11 is 5.82. The Kier molecular flexibility index (Phi) is 5.07. The number of anilines is 1. The van der Waals surface area contributed by atoms with Crippen molar-refractivity contribution in [2.24, 2.45) is 5.92 Å². The Morgan fingerprint density at radius 3 is 2.52 bits per heavy atom. The number of aliphatic carboxylic acids is 1. The number of benzene rings is 1. The second-order valence-electron chi connectivity index (χ2n) is 5.42. The highest BCUT2D eigenvalue weighted by atomic mass is 35.5. The summed E-state index contributed by atoms with van der Waals surface area (Å²) < 4.78 is 0. The Bertz CT molecular complexity index is 518. The van der Waals surface area contributed by atoms with E-state index >= 15 is 0 Å². The SMILES string of the molecule is CC1CCCC1NC(=O)N(CC(=O)O)c1ccc(Cl)cc1. The number of halogens is 1. The van der Waals surface area contributed by atoms with E-state index in [1.54, 1.807) is 24.3 Å². The number of urea groups is 1. The molecule has 0 aromatic heterocycles. The molecule has 1 saturated carbocycles. The molecule has 0 bridgehead atoms. The number of rotatable bonds is 4. The zero-order valence-electron chi connectivity index (χ0n) is 11.9. The number of carboxylic acids is 1. The van der Waals surface area contributed by atoms with Gasteiger partial charge in [0, 0.05) is 16.8 Å². The standard InChI is InChI=1S/C15H19ClN2O3/c1-10-3-2-4-13(10)17-15(21)18(9-14(19)20)12-7-5-11(16)6-8-12/h5-8,10,13H,2-4,9H2,1H3,(H,17,21)(H,19,20). The van der Waals surface area contributed by atoms with Crippen molar-refractivity contribution >= 4 is 29.3 Å². The molecule has 1 aliphatic rings. The fourth-order valence-electron chi connectivity index (χ4n) is 2.63. The average Bonchev–Trinajstić information content (AvgIpc) is 2.82. The average molecular weight is 311 g/mol. The summed E-state index contributed by atoms with van der Waals surface area (Å²) in [6.45, 7) is 1.72. The van der Waals surface area contributed by atoms with Crippen LogP contribution in [-0.2, 0) is 4.79 Å². The molecule has 0 aliphatic heterocycles. The maximum absolute atomic E-state index is 12.4. The van der Waals surface area contributed by atoms with Gasteiger partial charge < -0.3 is 10.4 Å². The van der Waals surface area contributed by atoms with E-state index in [2.05, 4.69) is 12.2 Å².